The first-order chi connectivity index (χ1) is 11.7. The van der Waals surface area contributed by atoms with Crippen LogP contribution in [0.2, 0.25) is 0 Å². The number of ether oxygens (including phenoxy) is 2. The van der Waals surface area contributed by atoms with Gasteiger partial charge in [-0.1, -0.05) is 11.2 Å². The first kappa shape index (κ1) is 15.0. The van der Waals surface area contributed by atoms with Gasteiger partial charge in [0.25, 0.3) is 0 Å². The molecule has 0 aliphatic carbocycles. The van der Waals surface area contributed by atoms with E-state index in [2.05, 4.69) is 10.1 Å². The summed E-state index contributed by atoms with van der Waals surface area (Å²) in [6.07, 6.45) is 3.23. The van der Waals surface area contributed by atoms with Crippen molar-refractivity contribution in [3.05, 3.63) is 35.5 Å². The molecule has 2 aliphatic rings. The van der Waals surface area contributed by atoms with Crippen LogP contribution in [0.5, 0.6) is 11.5 Å². The van der Waals surface area contributed by atoms with E-state index in [0.29, 0.717) is 23.9 Å². The molecule has 0 spiro atoms. The summed E-state index contributed by atoms with van der Waals surface area (Å²) in [7, 11) is 0. The van der Waals surface area contributed by atoms with Gasteiger partial charge in [0.1, 0.15) is 6.04 Å². The minimum Gasteiger partial charge on any atom is -0.454 e. The summed E-state index contributed by atoms with van der Waals surface area (Å²) in [5.41, 5.74) is 0.912. The SMILES string of the molecule is Cc1noc([C@H]2CCCCN2C(=O)Cc2ccc3c(c2)OCO3)n1. The third-order valence-electron chi connectivity index (χ3n) is 4.44. The molecule has 1 amide bonds. The molecular weight excluding hydrogens is 310 g/mol. The highest BCUT2D eigenvalue weighted by Gasteiger charge is 2.32. The molecule has 2 aliphatic heterocycles. The summed E-state index contributed by atoms with van der Waals surface area (Å²) in [4.78, 5) is 19.0. The van der Waals surface area contributed by atoms with Crippen LogP contribution < -0.4 is 9.47 Å². The standard InChI is InChI=1S/C17H19N3O4/c1-11-18-17(24-19-11)13-4-2-3-7-20(13)16(21)9-12-5-6-14-15(8-12)23-10-22-14/h5-6,8,13H,2-4,7,9-10H2,1H3/t13-/m1/s1. The number of nitrogens with zero attached hydrogens (tertiary/aromatic N) is 3. The van der Waals surface area contributed by atoms with Gasteiger partial charge in [-0.15, -0.1) is 0 Å². The van der Waals surface area contributed by atoms with Gasteiger partial charge in [-0.2, -0.15) is 4.98 Å². The number of hydrogen-bond donors (Lipinski definition) is 0. The molecule has 126 valence electrons. The van der Waals surface area contributed by atoms with Crippen LogP contribution in [0.3, 0.4) is 0 Å². The van der Waals surface area contributed by atoms with E-state index in [-0.39, 0.29) is 18.7 Å². The number of carbonyl (C=O) groups excluding carboxylic acids is 1. The van der Waals surface area contributed by atoms with Gasteiger partial charge < -0.3 is 18.9 Å². The molecule has 2 aromatic rings. The zero-order chi connectivity index (χ0) is 16.5. The number of piperidine rings is 1. The lowest BCUT2D eigenvalue weighted by Gasteiger charge is -2.33. The summed E-state index contributed by atoms with van der Waals surface area (Å²) in [5.74, 6) is 2.62. The maximum Gasteiger partial charge on any atom is 0.249 e. The van der Waals surface area contributed by atoms with E-state index in [1.54, 1.807) is 6.92 Å². The molecule has 24 heavy (non-hydrogen) atoms. The van der Waals surface area contributed by atoms with Crippen LogP contribution in [0.4, 0.5) is 0 Å². The van der Waals surface area contributed by atoms with Crippen LogP contribution in [0.1, 0.15) is 42.6 Å². The molecule has 3 heterocycles. The van der Waals surface area contributed by atoms with Gasteiger partial charge in [0.15, 0.2) is 17.3 Å². The van der Waals surface area contributed by atoms with Crippen molar-refractivity contribution in [1.82, 2.24) is 15.0 Å². The van der Waals surface area contributed by atoms with E-state index >= 15 is 0 Å². The number of likely N-dealkylation sites (tertiary alicyclic amines) is 1. The normalized spacial score (nSPS) is 19.5. The van der Waals surface area contributed by atoms with Crippen molar-refractivity contribution in [2.75, 3.05) is 13.3 Å². The predicted octanol–water partition coefficient (Wildman–Crippen LogP) is 2.40. The molecule has 1 atom stereocenters. The molecule has 1 aromatic heterocycles. The van der Waals surface area contributed by atoms with Gasteiger partial charge in [0, 0.05) is 6.54 Å². The van der Waals surface area contributed by atoms with E-state index in [0.717, 1.165) is 37.1 Å². The van der Waals surface area contributed by atoms with Crippen LogP contribution in [-0.4, -0.2) is 34.3 Å². The number of amides is 1. The minimum atomic E-state index is -0.124. The maximum atomic E-state index is 12.8. The van der Waals surface area contributed by atoms with Crippen LogP contribution in [0.25, 0.3) is 0 Å². The van der Waals surface area contributed by atoms with Crippen molar-refractivity contribution in [3.63, 3.8) is 0 Å². The quantitative estimate of drug-likeness (QED) is 0.860. The smallest absolute Gasteiger partial charge is 0.249 e. The molecule has 0 unspecified atom stereocenters. The topological polar surface area (TPSA) is 77.7 Å². The number of fused-ring (bicyclic) bond motifs is 1. The van der Waals surface area contributed by atoms with Crippen molar-refractivity contribution >= 4 is 5.91 Å². The maximum absolute atomic E-state index is 12.8. The number of aromatic nitrogens is 2. The molecule has 4 rings (SSSR count). The Kier molecular flexibility index (Phi) is 3.84. The second-order valence-corrected chi connectivity index (χ2v) is 6.14. The molecule has 1 fully saturated rings. The lowest BCUT2D eigenvalue weighted by Crippen LogP contribution is -2.39. The van der Waals surface area contributed by atoms with E-state index < -0.39 is 0 Å². The molecule has 1 aromatic carbocycles. The van der Waals surface area contributed by atoms with Gasteiger partial charge in [-0.3, -0.25) is 4.79 Å². The molecule has 7 nitrogen and oxygen atoms in total. The Hall–Kier alpha value is -2.57. The van der Waals surface area contributed by atoms with E-state index in [1.807, 2.05) is 23.1 Å². The van der Waals surface area contributed by atoms with E-state index in [9.17, 15) is 4.79 Å². The van der Waals surface area contributed by atoms with Gasteiger partial charge in [-0.25, -0.2) is 0 Å². The van der Waals surface area contributed by atoms with Gasteiger partial charge in [0.05, 0.1) is 6.42 Å². The largest absolute Gasteiger partial charge is 0.454 e. The third-order valence-corrected chi connectivity index (χ3v) is 4.44. The lowest BCUT2D eigenvalue weighted by atomic mass is 10.0. The fraction of sp³-hybridized carbons (Fsp3) is 0.471. The average Bonchev–Trinajstić information content (AvgIpc) is 3.23. The minimum absolute atomic E-state index is 0.0643. The highest BCUT2D eigenvalue weighted by atomic mass is 16.7. The number of carbonyl (C=O) groups is 1. The summed E-state index contributed by atoms with van der Waals surface area (Å²) < 4.78 is 16.0. The summed E-state index contributed by atoms with van der Waals surface area (Å²) in [5, 5.41) is 3.85. The Morgan fingerprint density at radius 3 is 3.00 bits per heavy atom. The first-order valence-electron chi connectivity index (χ1n) is 8.19. The predicted molar refractivity (Wildman–Crippen MR) is 83.6 cm³/mol. The molecule has 0 radical (unpaired) electrons. The Bertz CT molecular complexity index is 758. The van der Waals surface area contributed by atoms with E-state index in [4.69, 9.17) is 14.0 Å². The van der Waals surface area contributed by atoms with Crippen molar-refractivity contribution in [3.8, 4) is 11.5 Å². The molecule has 0 N–H and O–H groups in total. The van der Waals surface area contributed by atoms with Gasteiger partial charge in [-0.05, 0) is 43.9 Å². The average molecular weight is 329 g/mol. The number of rotatable bonds is 3. The van der Waals surface area contributed by atoms with Crippen molar-refractivity contribution < 1.29 is 18.8 Å². The Balaban J connectivity index is 1.51. The Labute approximate surface area is 139 Å². The van der Waals surface area contributed by atoms with Crippen LogP contribution >= 0.6 is 0 Å². The summed E-state index contributed by atoms with van der Waals surface area (Å²) in [6, 6.07) is 5.50. The van der Waals surface area contributed by atoms with Gasteiger partial charge in [0.2, 0.25) is 18.6 Å². The highest BCUT2D eigenvalue weighted by Crippen LogP contribution is 2.34. The van der Waals surface area contributed by atoms with Crippen LogP contribution in [-0.2, 0) is 11.2 Å². The number of aryl methyl sites for hydroxylation is 1. The van der Waals surface area contributed by atoms with Crippen molar-refractivity contribution in [2.45, 2.75) is 38.6 Å². The monoisotopic (exact) mass is 329 g/mol. The molecule has 0 bridgehead atoms. The summed E-state index contributed by atoms with van der Waals surface area (Å²) >= 11 is 0. The zero-order valence-corrected chi connectivity index (χ0v) is 13.5. The first-order valence-corrected chi connectivity index (χ1v) is 8.19. The summed E-state index contributed by atoms with van der Waals surface area (Å²) in [6.45, 7) is 2.74. The van der Waals surface area contributed by atoms with Crippen LogP contribution in [0.15, 0.2) is 22.7 Å². The Morgan fingerprint density at radius 1 is 1.29 bits per heavy atom. The molecule has 7 heteroatoms. The fourth-order valence-electron chi connectivity index (χ4n) is 3.26. The second kappa shape index (κ2) is 6.14. The van der Waals surface area contributed by atoms with Crippen LogP contribution in [0, 0.1) is 6.92 Å². The second-order valence-electron chi connectivity index (χ2n) is 6.14. The molecule has 1 saturated heterocycles. The molecule has 0 saturated carbocycles. The highest BCUT2D eigenvalue weighted by molar-refractivity contribution is 5.79. The van der Waals surface area contributed by atoms with Gasteiger partial charge >= 0.3 is 0 Å². The Morgan fingerprint density at radius 2 is 2.17 bits per heavy atom. The number of benzene rings is 1. The van der Waals surface area contributed by atoms with E-state index in [1.165, 1.54) is 0 Å². The van der Waals surface area contributed by atoms with Crippen molar-refractivity contribution in [2.24, 2.45) is 0 Å². The molecular formula is C17H19N3O4. The third kappa shape index (κ3) is 2.81. The fourth-order valence-corrected chi connectivity index (χ4v) is 3.26. The zero-order valence-electron chi connectivity index (χ0n) is 13.5. The number of hydrogen-bond acceptors (Lipinski definition) is 6. The van der Waals surface area contributed by atoms with Crippen molar-refractivity contribution in [1.29, 1.82) is 0 Å². The lowest BCUT2D eigenvalue weighted by molar-refractivity contribution is -0.135.